The largest absolute Gasteiger partial charge is 0.347 e. The Kier molecular flexibility index (Phi) is 3.53. The molecule has 4 nitrogen and oxygen atoms in total. The normalized spacial score (nSPS) is 44.9. The van der Waals surface area contributed by atoms with E-state index in [1.165, 1.54) is 38.6 Å². The van der Waals surface area contributed by atoms with Crippen molar-refractivity contribution in [3.8, 4) is 0 Å². The summed E-state index contributed by atoms with van der Waals surface area (Å²) in [6.45, 7) is 2.76. The summed E-state index contributed by atoms with van der Waals surface area (Å²) in [6, 6.07) is 1.56. The second-order valence-electron chi connectivity index (χ2n) is 7.22. The smallest absolute Gasteiger partial charge is 0.170 e. The van der Waals surface area contributed by atoms with Crippen LogP contribution < -0.4 is 5.73 Å². The minimum atomic E-state index is -0.298. The molecule has 4 rings (SSSR count). The third kappa shape index (κ3) is 2.21. The Labute approximate surface area is 122 Å². The molecule has 2 heterocycles. The van der Waals surface area contributed by atoms with Crippen LogP contribution in [0.25, 0.3) is 0 Å². The molecule has 2 saturated heterocycles. The van der Waals surface area contributed by atoms with Gasteiger partial charge in [-0.25, -0.2) is 0 Å². The molecule has 2 N–H and O–H groups in total. The molecule has 2 aliphatic heterocycles. The van der Waals surface area contributed by atoms with Crippen molar-refractivity contribution >= 4 is 0 Å². The highest BCUT2D eigenvalue weighted by molar-refractivity contribution is 5.01. The van der Waals surface area contributed by atoms with Crippen molar-refractivity contribution in [2.24, 2.45) is 11.7 Å². The van der Waals surface area contributed by atoms with Crippen molar-refractivity contribution in [1.82, 2.24) is 4.90 Å². The molecular weight excluding hydrogens is 252 g/mol. The van der Waals surface area contributed by atoms with Gasteiger partial charge < -0.3 is 15.2 Å². The van der Waals surface area contributed by atoms with Crippen molar-refractivity contribution in [2.45, 2.75) is 75.3 Å². The lowest BCUT2D eigenvalue weighted by Crippen LogP contribution is -2.58. The maximum Gasteiger partial charge on any atom is 0.170 e. The predicted molar refractivity (Wildman–Crippen MR) is 77.3 cm³/mol. The van der Waals surface area contributed by atoms with Gasteiger partial charge in [-0.2, -0.15) is 0 Å². The zero-order chi connectivity index (χ0) is 13.6. The molecule has 2 aliphatic carbocycles. The molecule has 0 radical (unpaired) electrons. The van der Waals surface area contributed by atoms with Crippen LogP contribution in [-0.2, 0) is 9.47 Å². The summed E-state index contributed by atoms with van der Waals surface area (Å²) in [7, 11) is 0. The molecule has 4 fully saturated rings. The fourth-order valence-corrected chi connectivity index (χ4v) is 5.13. The van der Waals surface area contributed by atoms with E-state index in [2.05, 4.69) is 4.90 Å². The quantitative estimate of drug-likeness (QED) is 0.796. The molecule has 4 atom stereocenters. The van der Waals surface area contributed by atoms with Gasteiger partial charge in [0, 0.05) is 31.0 Å². The summed E-state index contributed by atoms with van der Waals surface area (Å²) in [6.07, 6.45) is 10.0. The van der Waals surface area contributed by atoms with E-state index in [9.17, 15) is 0 Å². The fraction of sp³-hybridized carbons (Fsp3) is 1.00. The van der Waals surface area contributed by atoms with Crippen molar-refractivity contribution in [2.75, 3.05) is 19.8 Å². The standard InChI is InChI=1S/C16H28N2O2/c17-13-5-7-16(19-9-10-20-16)11-15(13)18-8-6-12-3-1-2-4-14(12)18/h12-15H,1-11,17H2. The van der Waals surface area contributed by atoms with E-state index in [0.717, 1.165) is 44.4 Å². The van der Waals surface area contributed by atoms with Crippen LogP contribution in [0.3, 0.4) is 0 Å². The van der Waals surface area contributed by atoms with Gasteiger partial charge in [-0.1, -0.05) is 12.8 Å². The molecule has 0 bridgehead atoms. The first-order valence-electron chi connectivity index (χ1n) is 8.57. The molecular formula is C16H28N2O2. The number of rotatable bonds is 1. The van der Waals surface area contributed by atoms with E-state index in [1.54, 1.807) is 0 Å². The minimum Gasteiger partial charge on any atom is -0.347 e. The SMILES string of the molecule is NC1CCC2(CC1N1CCC3CCCCC31)OCCO2. The topological polar surface area (TPSA) is 47.7 Å². The first-order valence-corrected chi connectivity index (χ1v) is 8.57. The van der Waals surface area contributed by atoms with Crippen molar-refractivity contribution in [3.05, 3.63) is 0 Å². The number of ether oxygens (including phenoxy) is 2. The first kappa shape index (κ1) is 13.5. The maximum atomic E-state index is 6.48. The Morgan fingerprint density at radius 1 is 0.950 bits per heavy atom. The van der Waals surface area contributed by atoms with E-state index in [0.29, 0.717) is 12.1 Å². The number of nitrogens with zero attached hydrogens (tertiary/aromatic N) is 1. The summed E-state index contributed by atoms with van der Waals surface area (Å²) in [5.74, 6) is 0.632. The molecule has 4 heteroatoms. The van der Waals surface area contributed by atoms with Gasteiger partial charge in [-0.15, -0.1) is 0 Å². The lowest BCUT2D eigenvalue weighted by molar-refractivity contribution is -0.193. The number of nitrogens with two attached hydrogens (primary N) is 1. The average Bonchev–Trinajstić information content (AvgIpc) is 3.09. The first-order chi connectivity index (χ1) is 9.77. The summed E-state index contributed by atoms with van der Waals surface area (Å²) in [4.78, 5) is 2.74. The van der Waals surface area contributed by atoms with E-state index in [1.807, 2.05) is 0 Å². The van der Waals surface area contributed by atoms with Crippen LogP contribution in [0.4, 0.5) is 0 Å². The second-order valence-corrected chi connectivity index (χ2v) is 7.22. The number of hydrogen-bond donors (Lipinski definition) is 1. The highest BCUT2D eigenvalue weighted by Crippen LogP contribution is 2.43. The Morgan fingerprint density at radius 3 is 2.60 bits per heavy atom. The van der Waals surface area contributed by atoms with E-state index < -0.39 is 0 Å². The predicted octanol–water partition coefficient (Wildman–Crippen LogP) is 1.87. The Morgan fingerprint density at radius 2 is 1.75 bits per heavy atom. The molecule has 2 saturated carbocycles. The van der Waals surface area contributed by atoms with Crippen LogP contribution in [0.5, 0.6) is 0 Å². The molecule has 4 unspecified atom stereocenters. The van der Waals surface area contributed by atoms with Crippen LogP contribution in [-0.4, -0.2) is 48.6 Å². The number of hydrogen-bond acceptors (Lipinski definition) is 4. The van der Waals surface area contributed by atoms with Crippen LogP contribution >= 0.6 is 0 Å². The van der Waals surface area contributed by atoms with E-state index >= 15 is 0 Å². The highest BCUT2D eigenvalue weighted by Gasteiger charge is 2.49. The molecule has 0 aromatic rings. The van der Waals surface area contributed by atoms with Crippen molar-refractivity contribution < 1.29 is 9.47 Å². The summed E-state index contributed by atoms with van der Waals surface area (Å²) in [5.41, 5.74) is 6.48. The molecule has 4 aliphatic rings. The minimum absolute atomic E-state index is 0.298. The number of fused-ring (bicyclic) bond motifs is 1. The van der Waals surface area contributed by atoms with Gasteiger partial charge in [-0.05, 0) is 38.1 Å². The highest BCUT2D eigenvalue weighted by atomic mass is 16.7. The summed E-state index contributed by atoms with van der Waals surface area (Å²) < 4.78 is 11.9. The Balaban J connectivity index is 1.51. The number of likely N-dealkylation sites (tertiary alicyclic amines) is 1. The third-order valence-corrected chi connectivity index (χ3v) is 6.17. The Hall–Kier alpha value is -0.160. The lowest BCUT2D eigenvalue weighted by atomic mass is 9.82. The zero-order valence-electron chi connectivity index (χ0n) is 12.4. The van der Waals surface area contributed by atoms with Gasteiger partial charge in [0.2, 0.25) is 0 Å². The second kappa shape index (κ2) is 5.24. The molecule has 0 aromatic heterocycles. The molecule has 1 spiro atoms. The van der Waals surface area contributed by atoms with Gasteiger partial charge in [0.05, 0.1) is 13.2 Å². The van der Waals surface area contributed by atoms with Gasteiger partial charge in [-0.3, -0.25) is 4.90 Å². The average molecular weight is 280 g/mol. The van der Waals surface area contributed by atoms with Crippen LogP contribution in [0.1, 0.15) is 51.4 Å². The maximum absolute atomic E-state index is 6.48. The van der Waals surface area contributed by atoms with Gasteiger partial charge in [0.15, 0.2) is 5.79 Å². The van der Waals surface area contributed by atoms with Crippen LogP contribution in [0.2, 0.25) is 0 Å². The lowest BCUT2D eigenvalue weighted by Gasteiger charge is -2.46. The van der Waals surface area contributed by atoms with Gasteiger partial charge in [0.1, 0.15) is 0 Å². The summed E-state index contributed by atoms with van der Waals surface area (Å²) in [5, 5.41) is 0. The van der Waals surface area contributed by atoms with Crippen LogP contribution in [0.15, 0.2) is 0 Å². The molecule has 0 aromatic carbocycles. The fourth-order valence-electron chi connectivity index (χ4n) is 5.13. The molecule has 0 amide bonds. The van der Waals surface area contributed by atoms with Gasteiger partial charge in [0.25, 0.3) is 0 Å². The van der Waals surface area contributed by atoms with Crippen LogP contribution in [0, 0.1) is 5.92 Å². The molecule has 114 valence electrons. The zero-order valence-corrected chi connectivity index (χ0v) is 12.4. The third-order valence-electron chi connectivity index (χ3n) is 6.17. The molecule has 20 heavy (non-hydrogen) atoms. The Bertz CT molecular complexity index is 356. The van der Waals surface area contributed by atoms with Crippen molar-refractivity contribution in [3.63, 3.8) is 0 Å². The van der Waals surface area contributed by atoms with Gasteiger partial charge >= 0.3 is 0 Å². The summed E-state index contributed by atoms with van der Waals surface area (Å²) >= 11 is 0. The van der Waals surface area contributed by atoms with Crippen molar-refractivity contribution in [1.29, 1.82) is 0 Å². The van der Waals surface area contributed by atoms with E-state index in [-0.39, 0.29) is 5.79 Å². The van der Waals surface area contributed by atoms with E-state index in [4.69, 9.17) is 15.2 Å². The monoisotopic (exact) mass is 280 g/mol.